The van der Waals surface area contributed by atoms with Gasteiger partial charge >= 0.3 is 0 Å². The molecule has 1 atom stereocenters. The Labute approximate surface area is 288 Å². The summed E-state index contributed by atoms with van der Waals surface area (Å²) < 4.78 is 34.8. The number of anilines is 1. The lowest BCUT2D eigenvalue weighted by atomic mass is 9.94. The minimum absolute atomic E-state index is 0.0192. The van der Waals surface area contributed by atoms with Crippen LogP contribution in [0.2, 0.25) is 5.02 Å². The molecule has 0 saturated heterocycles. The highest BCUT2D eigenvalue weighted by Gasteiger charge is 2.35. The van der Waals surface area contributed by atoms with Gasteiger partial charge in [-0.15, -0.1) is 0 Å². The average molecular weight is 688 g/mol. The number of sulfonamides is 1. The summed E-state index contributed by atoms with van der Waals surface area (Å²) in [6.45, 7) is 1.53. The molecule has 4 aromatic rings. The van der Waals surface area contributed by atoms with Crippen molar-refractivity contribution in [2.75, 3.05) is 18.0 Å². The van der Waals surface area contributed by atoms with Gasteiger partial charge in [-0.2, -0.15) is 0 Å². The molecule has 0 aromatic heterocycles. The lowest BCUT2D eigenvalue weighted by molar-refractivity contribution is -0.140. The maximum atomic E-state index is 14.7. The maximum absolute atomic E-state index is 14.7. The highest BCUT2D eigenvalue weighted by Crippen LogP contribution is 2.32. The number of amides is 2. The van der Waals surface area contributed by atoms with E-state index in [0.717, 1.165) is 53.1 Å². The molecule has 2 amide bonds. The largest absolute Gasteiger partial charge is 0.495 e. The lowest BCUT2D eigenvalue weighted by Gasteiger charge is -2.35. The average Bonchev–Trinajstić information content (AvgIpc) is 3.10. The number of rotatable bonds is 13. The van der Waals surface area contributed by atoms with Crippen molar-refractivity contribution in [2.24, 2.45) is 0 Å². The molecule has 0 aliphatic heterocycles. The van der Waals surface area contributed by atoms with Crippen molar-refractivity contribution in [1.82, 2.24) is 10.2 Å². The Bertz CT molecular complexity index is 1780. The van der Waals surface area contributed by atoms with Crippen LogP contribution in [0.1, 0.15) is 48.8 Å². The topological polar surface area (TPSA) is 96.0 Å². The van der Waals surface area contributed by atoms with Crippen molar-refractivity contribution in [3.05, 3.63) is 125 Å². The standard InChI is InChI=1S/C38H42ClN3O5S/c1-28-18-20-30(21-19-28)26-41(35(24-29-12-6-3-7-13-29)38(44)40-31-14-8-4-9-15-31)37(43)27-42(32-22-23-36(47-2)34(39)25-32)48(45,46)33-16-10-5-11-17-33/h3,5-7,10-13,16-23,25,31,35H,4,8-9,14-15,24,26-27H2,1-2H3,(H,40,44)/t35-/m1/s1. The number of methoxy groups -OCH3 is 1. The number of carbonyl (C=O) groups excluding carboxylic acids is 2. The lowest BCUT2D eigenvalue weighted by Crippen LogP contribution is -2.55. The van der Waals surface area contributed by atoms with Gasteiger partial charge < -0.3 is 15.0 Å². The van der Waals surface area contributed by atoms with Crippen molar-refractivity contribution in [2.45, 2.75) is 69.0 Å². The zero-order valence-electron chi connectivity index (χ0n) is 27.3. The second-order valence-electron chi connectivity index (χ2n) is 12.2. The molecule has 1 aliphatic rings. The Morgan fingerprint density at radius 3 is 2.15 bits per heavy atom. The predicted molar refractivity (Wildman–Crippen MR) is 190 cm³/mol. The van der Waals surface area contributed by atoms with Gasteiger partial charge in [0.05, 0.1) is 22.7 Å². The van der Waals surface area contributed by atoms with Crippen LogP contribution in [0.25, 0.3) is 0 Å². The van der Waals surface area contributed by atoms with Crippen LogP contribution in [0.3, 0.4) is 0 Å². The van der Waals surface area contributed by atoms with Crippen LogP contribution >= 0.6 is 11.6 Å². The van der Waals surface area contributed by atoms with E-state index in [0.29, 0.717) is 5.75 Å². The fourth-order valence-electron chi connectivity index (χ4n) is 6.05. The summed E-state index contributed by atoms with van der Waals surface area (Å²) in [6, 6.07) is 29.0. The molecule has 10 heteroatoms. The Kier molecular flexibility index (Phi) is 11.8. The van der Waals surface area contributed by atoms with Crippen molar-refractivity contribution >= 4 is 39.1 Å². The number of nitrogens with one attached hydrogen (secondary N) is 1. The van der Waals surface area contributed by atoms with Crippen LogP contribution < -0.4 is 14.4 Å². The molecule has 4 aromatic carbocycles. The molecule has 1 aliphatic carbocycles. The van der Waals surface area contributed by atoms with E-state index >= 15 is 0 Å². The zero-order chi connectivity index (χ0) is 34.1. The molecule has 0 heterocycles. The number of aryl methyl sites for hydroxylation is 1. The van der Waals surface area contributed by atoms with E-state index in [-0.39, 0.29) is 40.5 Å². The second-order valence-corrected chi connectivity index (χ2v) is 14.5. The van der Waals surface area contributed by atoms with E-state index < -0.39 is 28.5 Å². The first kappa shape index (κ1) is 35.0. The summed E-state index contributed by atoms with van der Waals surface area (Å²) in [5.41, 5.74) is 2.96. The number of carbonyl (C=O) groups is 2. The van der Waals surface area contributed by atoms with Gasteiger partial charge in [-0.1, -0.05) is 109 Å². The van der Waals surface area contributed by atoms with Gasteiger partial charge in [0, 0.05) is 19.0 Å². The van der Waals surface area contributed by atoms with Gasteiger partial charge in [0.1, 0.15) is 18.3 Å². The minimum atomic E-state index is -4.24. The molecule has 0 bridgehead atoms. The molecule has 0 spiro atoms. The molecule has 48 heavy (non-hydrogen) atoms. The van der Waals surface area contributed by atoms with E-state index in [1.54, 1.807) is 30.3 Å². The van der Waals surface area contributed by atoms with Crippen LogP contribution in [0.5, 0.6) is 5.75 Å². The van der Waals surface area contributed by atoms with E-state index in [4.69, 9.17) is 16.3 Å². The summed E-state index contributed by atoms with van der Waals surface area (Å²) in [5.74, 6) is -0.412. The third-order valence-corrected chi connectivity index (χ3v) is 10.8. The normalized spacial score (nSPS) is 14.1. The highest BCUT2D eigenvalue weighted by atomic mass is 35.5. The third-order valence-electron chi connectivity index (χ3n) is 8.73. The number of nitrogens with zero attached hydrogens (tertiary/aromatic N) is 2. The molecular weight excluding hydrogens is 646 g/mol. The van der Waals surface area contributed by atoms with E-state index in [1.165, 1.54) is 30.2 Å². The number of ether oxygens (including phenoxy) is 1. The first-order chi connectivity index (χ1) is 23.2. The van der Waals surface area contributed by atoms with Gasteiger partial charge in [-0.25, -0.2) is 8.42 Å². The second kappa shape index (κ2) is 16.2. The predicted octanol–water partition coefficient (Wildman–Crippen LogP) is 6.94. The minimum Gasteiger partial charge on any atom is -0.495 e. The fraction of sp³-hybridized carbons (Fsp3) is 0.316. The van der Waals surface area contributed by atoms with E-state index in [2.05, 4.69) is 5.32 Å². The molecule has 252 valence electrons. The summed E-state index contributed by atoms with van der Waals surface area (Å²) in [7, 11) is -2.77. The van der Waals surface area contributed by atoms with Crippen molar-refractivity contribution in [3.63, 3.8) is 0 Å². The Morgan fingerprint density at radius 2 is 1.52 bits per heavy atom. The molecule has 1 saturated carbocycles. The van der Waals surface area contributed by atoms with E-state index in [9.17, 15) is 18.0 Å². The van der Waals surface area contributed by atoms with Crippen molar-refractivity contribution in [3.8, 4) is 5.75 Å². The van der Waals surface area contributed by atoms with Crippen molar-refractivity contribution < 1.29 is 22.7 Å². The zero-order valence-corrected chi connectivity index (χ0v) is 28.9. The first-order valence-corrected chi connectivity index (χ1v) is 18.1. The van der Waals surface area contributed by atoms with Crippen LogP contribution in [0.15, 0.2) is 108 Å². The van der Waals surface area contributed by atoms with Gasteiger partial charge in [0.15, 0.2) is 0 Å². The fourth-order valence-corrected chi connectivity index (χ4v) is 7.73. The molecule has 0 unspecified atom stereocenters. The molecule has 0 radical (unpaired) electrons. The first-order valence-electron chi connectivity index (χ1n) is 16.3. The van der Waals surface area contributed by atoms with Crippen LogP contribution in [0, 0.1) is 6.92 Å². The Balaban J connectivity index is 1.57. The van der Waals surface area contributed by atoms with E-state index in [1.807, 2.05) is 61.5 Å². The van der Waals surface area contributed by atoms with Gasteiger partial charge in [-0.05, 0) is 61.2 Å². The molecular formula is C38H42ClN3O5S. The maximum Gasteiger partial charge on any atom is 0.264 e. The van der Waals surface area contributed by atoms with Crippen LogP contribution in [-0.4, -0.2) is 50.9 Å². The van der Waals surface area contributed by atoms with Gasteiger partial charge in [0.25, 0.3) is 10.0 Å². The molecule has 8 nitrogen and oxygen atoms in total. The molecule has 1 N–H and O–H groups in total. The highest BCUT2D eigenvalue weighted by molar-refractivity contribution is 7.92. The summed E-state index contributed by atoms with van der Waals surface area (Å²) in [4.78, 5) is 30.5. The number of hydrogen-bond donors (Lipinski definition) is 1. The van der Waals surface area contributed by atoms with Gasteiger partial charge in [-0.3, -0.25) is 13.9 Å². The SMILES string of the molecule is COc1ccc(N(CC(=O)N(Cc2ccc(C)cc2)[C@H](Cc2ccccc2)C(=O)NC2CCCCC2)S(=O)(=O)c2ccccc2)cc1Cl. The summed E-state index contributed by atoms with van der Waals surface area (Å²) in [5, 5.41) is 3.43. The number of hydrogen-bond acceptors (Lipinski definition) is 5. The van der Waals surface area contributed by atoms with Gasteiger partial charge in [0.2, 0.25) is 11.8 Å². The quantitative estimate of drug-likeness (QED) is 0.164. The third kappa shape index (κ3) is 8.76. The smallest absolute Gasteiger partial charge is 0.264 e. The Hall–Kier alpha value is -4.34. The molecule has 5 rings (SSSR count). The summed E-state index contributed by atoms with van der Waals surface area (Å²) in [6.07, 6.45) is 5.25. The van der Waals surface area contributed by atoms with Crippen LogP contribution in [0.4, 0.5) is 5.69 Å². The summed E-state index contributed by atoms with van der Waals surface area (Å²) >= 11 is 6.47. The molecule has 1 fully saturated rings. The van der Waals surface area contributed by atoms with Crippen LogP contribution in [-0.2, 0) is 32.6 Å². The monoisotopic (exact) mass is 687 g/mol. The number of benzene rings is 4. The van der Waals surface area contributed by atoms with Crippen molar-refractivity contribution in [1.29, 1.82) is 0 Å². The Morgan fingerprint density at radius 1 is 0.875 bits per heavy atom. The number of halogens is 1.